The van der Waals surface area contributed by atoms with Crippen LogP contribution in [0.25, 0.3) is 0 Å². The molecule has 0 radical (unpaired) electrons. The predicted molar refractivity (Wildman–Crippen MR) is 80.2 cm³/mol. The van der Waals surface area contributed by atoms with Gasteiger partial charge in [0.25, 0.3) is 0 Å². The highest BCUT2D eigenvalue weighted by atomic mass is 16.5. The van der Waals surface area contributed by atoms with Gasteiger partial charge < -0.3 is 4.74 Å². The molecule has 19 heavy (non-hydrogen) atoms. The van der Waals surface area contributed by atoms with E-state index in [0.29, 0.717) is 5.92 Å². The fraction of sp³-hybridized carbons (Fsp3) is 0.588. The Morgan fingerprint density at radius 3 is 2.63 bits per heavy atom. The molecular weight excluding hydrogens is 236 g/mol. The largest absolute Gasteiger partial charge is 0.493 e. The zero-order valence-electron chi connectivity index (χ0n) is 12.4. The van der Waals surface area contributed by atoms with Gasteiger partial charge in [-0.2, -0.15) is 0 Å². The van der Waals surface area contributed by atoms with Gasteiger partial charge in [0, 0.05) is 5.56 Å². The molecule has 0 aliphatic carbocycles. The third-order valence-electron chi connectivity index (χ3n) is 3.57. The summed E-state index contributed by atoms with van der Waals surface area (Å²) in [6.45, 7) is 7.31. The minimum absolute atomic E-state index is 0.422. The van der Waals surface area contributed by atoms with Crippen LogP contribution < -0.4 is 4.74 Å². The highest BCUT2D eigenvalue weighted by Gasteiger charge is 2.11. The van der Waals surface area contributed by atoms with E-state index >= 15 is 0 Å². The quantitative estimate of drug-likeness (QED) is 0.464. The van der Waals surface area contributed by atoms with E-state index in [9.17, 15) is 4.79 Å². The Bertz CT molecular complexity index is 385. The van der Waals surface area contributed by atoms with Crippen molar-refractivity contribution in [2.75, 3.05) is 6.61 Å². The maximum Gasteiger partial charge on any atom is 0.150 e. The Morgan fingerprint density at radius 2 is 2.00 bits per heavy atom. The molecule has 1 aromatic rings. The van der Waals surface area contributed by atoms with E-state index in [-0.39, 0.29) is 0 Å². The molecule has 1 atom stereocenters. The molecule has 0 saturated carbocycles. The van der Waals surface area contributed by atoms with Crippen LogP contribution in [0, 0.1) is 0 Å². The van der Waals surface area contributed by atoms with Crippen LogP contribution >= 0.6 is 0 Å². The Balaban J connectivity index is 2.67. The number of hydrogen-bond acceptors (Lipinski definition) is 2. The van der Waals surface area contributed by atoms with Gasteiger partial charge in [0.1, 0.15) is 12.0 Å². The van der Waals surface area contributed by atoms with Gasteiger partial charge in [0.15, 0.2) is 0 Å². The second-order valence-corrected chi connectivity index (χ2v) is 5.13. The standard InChI is InChI=1S/C17H26O2/c1-4-6-7-8-11-19-17-10-9-15(13-18)12-16(17)14(3)5-2/h9-10,12-14H,4-8,11H2,1-3H3. The monoisotopic (exact) mass is 262 g/mol. The first-order chi connectivity index (χ1) is 9.22. The van der Waals surface area contributed by atoms with Crippen LogP contribution in [-0.4, -0.2) is 12.9 Å². The van der Waals surface area contributed by atoms with Crippen molar-refractivity contribution < 1.29 is 9.53 Å². The number of hydrogen-bond donors (Lipinski definition) is 0. The van der Waals surface area contributed by atoms with E-state index in [4.69, 9.17) is 4.74 Å². The van der Waals surface area contributed by atoms with Crippen molar-refractivity contribution in [2.45, 2.75) is 58.8 Å². The van der Waals surface area contributed by atoms with E-state index < -0.39 is 0 Å². The fourth-order valence-electron chi connectivity index (χ4n) is 2.09. The van der Waals surface area contributed by atoms with Crippen molar-refractivity contribution in [3.05, 3.63) is 29.3 Å². The molecule has 106 valence electrons. The van der Waals surface area contributed by atoms with E-state index in [0.717, 1.165) is 42.6 Å². The van der Waals surface area contributed by atoms with Gasteiger partial charge >= 0.3 is 0 Å². The van der Waals surface area contributed by atoms with E-state index in [1.807, 2.05) is 18.2 Å². The molecule has 1 unspecified atom stereocenters. The first kappa shape index (κ1) is 15.7. The molecule has 0 aromatic heterocycles. The Hall–Kier alpha value is -1.31. The predicted octanol–water partition coefficient (Wildman–Crippen LogP) is 4.97. The third kappa shape index (κ3) is 5.06. The van der Waals surface area contributed by atoms with Gasteiger partial charge in [-0.25, -0.2) is 0 Å². The van der Waals surface area contributed by atoms with Gasteiger partial charge in [-0.3, -0.25) is 4.79 Å². The molecule has 2 heteroatoms. The summed E-state index contributed by atoms with van der Waals surface area (Å²) in [6, 6.07) is 5.73. The van der Waals surface area contributed by atoms with Crippen LogP contribution in [-0.2, 0) is 0 Å². The van der Waals surface area contributed by atoms with Crippen molar-refractivity contribution in [1.29, 1.82) is 0 Å². The highest BCUT2D eigenvalue weighted by molar-refractivity contribution is 5.75. The summed E-state index contributed by atoms with van der Waals surface area (Å²) in [7, 11) is 0. The summed E-state index contributed by atoms with van der Waals surface area (Å²) in [5, 5.41) is 0. The third-order valence-corrected chi connectivity index (χ3v) is 3.57. The molecule has 0 aliphatic heterocycles. The van der Waals surface area contributed by atoms with Gasteiger partial charge in [0.2, 0.25) is 0 Å². The molecule has 0 aliphatic rings. The molecule has 1 rings (SSSR count). The van der Waals surface area contributed by atoms with Crippen LogP contribution in [0.4, 0.5) is 0 Å². The molecule has 0 spiro atoms. The van der Waals surface area contributed by atoms with Crippen molar-refractivity contribution in [1.82, 2.24) is 0 Å². The SMILES string of the molecule is CCCCCCOc1ccc(C=O)cc1C(C)CC. The second kappa shape index (κ2) is 8.73. The summed E-state index contributed by atoms with van der Waals surface area (Å²) in [5.74, 6) is 1.36. The number of unbranched alkanes of at least 4 members (excludes halogenated alkanes) is 3. The van der Waals surface area contributed by atoms with Gasteiger partial charge in [0.05, 0.1) is 6.61 Å². The maximum atomic E-state index is 10.9. The first-order valence-corrected chi connectivity index (χ1v) is 7.44. The van der Waals surface area contributed by atoms with Crippen LogP contribution in [0.1, 0.15) is 74.7 Å². The van der Waals surface area contributed by atoms with Crippen molar-refractivity contribution in [3.8, 4) is 5.75 Å². The van der Waals surface area contributed by atoms with Crippen LogP contribution in [0.2, 0.25) is 0 Å². The molecule has 0 fully saturated rings. The minimum Gasteiger partial charge on any atom is -0.493 e. The summed E-state index contributed by atoms with van der Waals surface area (Å²) >= 11 is 0. The molecule has 0 heterocycles. The first-order valence-electron chi connectivity index (χ1n) is 7.44. The van der Waals surface area contributed by atoms with Crippen LogP contribution in [0.5, 0.6) is 5.75 Å². The molecule has 0 N–H and O–H groups in total. The number of ether oxygens (including phenoxy) is 1. The average molecular weight is 262 g/mol. The van der Waals surface area contributed by atoms with E-state index in [1.165, 1.54) is 19.3 Å². The van der Waals surface area contributed by atoms with Gasteiger partial charge in [-0.15, -0.1) is 0 Å². The Labute approximate surface area is 117 Å². The lowest BCUT2D eigenvalue weighted by atomic mass is 9.96. The average Bonchev–Trinajstić information content (AvgIpc) is 2.46. The molecule has 2 nitrogen and oxygen atoms in total. The summed E-state index contributed by atoms with van der Waals surface area (Å²) < 4.78 is 5.89. The fourth-order valence-corrected chi connectivity index (χ4v) is 2.09. The summed E-state index contributed by atoms with van der Waals surface area (Å²) in [6.07, 6.45) is 6.79. The van der Waals surface area contributed by atoms with Gasteiger partial charge in [-0.05, 0) is 42.5 Å². The Kier molecular flexibility index (Phi) is 7.24. The number of carbonyl (C=O) groups is 1. The van der Waals surface area contributed by atoms with Crippen molar-refractivity contribution in [2.24, 2.45) is 0 Å². The van der Waals surface area contributed by atoms with Crippen molar-refractivity contribution >= 4 is 6.29 Å². The topological polar surface area (TPSA) is 26.3 Å². The van der Waals surface area contributed by atoms with E-state index in [2.05, 4.69) is 20.8 Å². The lowest BCUT2D eigenvalue weighted by Gasteiger charge is -2.16. The number of aldehydes is 1. The zero-order chi connectivity index (χ0) is 14.1. The molecule has 0 saturated heterocycles. The number of carbonyl (C=O) groups excluding carboxylic acids is 1. The zero-order valence-corrected chi connectivity index (χ0v) is 12.4. The highest BCUT2D eigenvalue weighted by Crippen LogP contribution is 2.29. The Morgan fingerprint density at radius 1 is 1.21 bits per heavy atom. The summed E-state index contributed by atoms with van der Waals surface area (Å²) in [4.78, 5) is 10.9. The van der Waals surface area contributed by atoms with E-state index in [1.54, 1.807) is 0 Å². The minimum atomic E-state index is 0.422. The lowest BCUT2D eigenvalue weighted by molar-refractivity contribution is 0.112. The van der Waals surface area contributed by atoms with Gasteiger partial charge in [-0.1, -0.05) is 40.0 Å². The lowest BCUT2D eigenvalue weighted by Crippen LogP contribution is -2.03. The molecule has 0 bridgehead atoms. The number of benzene rings is 1. The number of rotatable bonds is 9. The van der Waals surface area contributed by atoms with Crippen LogP contribution in [0.3, 0.4) is 0 Å². The molecule has 1 aromatic carbocycles. The maximum absolute atomic E-state index is 10.9. The summed E-state index contributed by atoms with van der Waals surface area (Å²) in [5.41, 5.74) is 1.89. The second-order valence-electron chi connectivity index (χ2n) is 5.13. The molecular formula is C17H26O2. The smallest absolute Gasteiger partial charge is 0.150 e. The molecule has 0 amide bonds. The normalized spacial score (nSPS) is 12.2. The van der Waals surface area contributed by atoms with Crippen LogP contribution in [0.15, 0.2) is 18.2 Å². The van der Waals surface area contributed by atoms with Crippen molar-refractivity contribution in [3.63, 3.8) is 0 Å².